The molecule has 1 unspecified atom stereocenters. The molecule has 0 bridgehead atoms. The molecule has 0 fully saturated rings. The summed E-state index contributed by atoms with van der Waals surface area (Å²) in [6.45, 7) is 0. The number of rotatable bonds is 4. The molecule has 0 aliphatic heterocycles. The first-order valence-corrected chi connectivity index (χ1v) is 6.69. The minimum Gasteiger partial charge on any atom is -0.459 e. The fourth-order valence-corrected chi connectivity index (χ4v) is 1.73. The van der Waals surface area contributed by atoms with E-state index in [1.165, 1.54) is 12.3 Å². The predicted octanol–water partition coefficient (Wildman–Crippen LogP) is 3.21. The third-order valence-corrected chi connectivity index (χ3v) is 2.96. The Kier molecular flexibility index (Phi) is 4.75. The molecule has 0 aliphatic rings. The van der Waals surface area contributed by atoms with Gasteiger partial charge >= 0.3 is 0 Å². The lowest BCUT2D eigenvalue weighted by Gasteiger charge is -2.26. The minimum absolute atomic E-state index is 0.118. The first-order chi connectivity index (χ1) is 9.47. The summed E-state index contributed by atoms with van der Waals surface area (Å²) in [4.78, 5) is 16.0. The van der Waals surface area contributed by atoms with Crippen LogP contribution in [-0.4, -0.2) is 20.8 Å². The molecule has 0 radical (unpaired) electrons. The molecular weight excluding hydrogens is 325 g/mol. The summed E-state index contributed by atoms with van der Waals surface area (Å²) < 4.78 is 3.21. The van der Waals surface area contributed by atoms with Crippen molar-refractivity contribution in [1.29, 1.82) is 0 Å². The van der Waals surface area contributed by atoms with Gasteiger partial charge in [0.2, 0.25) is 3.79 Å². The fourth-order valence-electron chi connectivity index (χ4n) is 1.41. The van der Waals surface area contributed by atoms with Crippen molar-refractivity contribution < 1.29 is 9.21 Å². The van der Waals surface area contributed by atoms with E-state index in [2.05, 4.69) is 15.6 Å². The van der Waals surface area contributed by atoms with Gasteiger partial charge in [0.1, 0.15) is 12.0 Å². The van der Waals surface area contributed by atoms with Crippen molar-refractivity contribution in [2.45, 2.75) is 9.96 Å². The Balaban J connectivity index is 2.11. The lowest BCUT2D eigenvalue weighted by atomic mass is 10.4. The number of amides is 1. The number of halogens is 3. The number of nitrogens with zero attached hydrogens (tertiary/aromatic N) is 1. The van der Waals surface area contributed by atoms with Crippen molar-refractivity contribution in [2.75, 3.05) is 5.32 Å². The van der Waals surface area contributed by atoms with Gasteiger partial charge in [-0.25, -0.2) is 4.98 Å². The first kappa shape index (κ1) is 15.0. The zero-order valence-electron chi connectivity index (χ0n) is 10.0. The molecule has 0 aliphatic carbocycles. The van der Waals surface area contributed by atoms with Gasteiger partial charge in [-0.1, -0.05) is 40.9 Å². The van der Waals surface area contributed by atoms with Crippen LogP contribution in [0, 0.1) is 0 Å². The highest BCUT2D eigenvalue weighted by atomic mass is 35.6. The highest BCUT2D eigenvalue weighted by Crippen LogP contribution is 2.30. The summed E-state index contributed by atoms with van der Waals surface area (Å²) in [7, 11) is 0. The van der Waals surface area contributed by atoms with Crippen molar-refractivity contribution in [1.82, 2.24) is 10.3 Å². The smallest absolute Gasteiger partial charge is 0.288 e. The van der Waals surface area contributed by atoms with Crippen molar-refractivity contribution in [2.24, 2.45) is 0 Å². The topological polar surface area (TPSA) is 67.2 Å². The van der Waals surface area contributed by atoms with E-state index in [-0.39, 0.29) is 5.76 Å². The van der Waals surface area contributed by atoms with Gasteiger partial charge in [-0.05, 0) is 24.3 Å². The van der Waals surface area contributed by atoms with Gasteiger partial charge in [-0.15, -0.1) is 0 Å². The van der Waals surface area contributed by atoms with Crippen molar-refractivity contribution >= 4 is 46.5 Å². The molecule has 1 amide bonds. The second kappa shape index (κ2) is 6.35. The van der Waals surface area contributed by atoms with E-state index in [1.54, 1.807) is 30.5 Å². The maximum atomic E-state index is 11.9. The summed E-state index contributed by atoms with van der Waals surface area (Å²) in [5.41, 5.74) is 0. The van der Waals surface area contributed by atoms with Gasteiger partial charge < -0.3 is 15.1 Å². The number of nitrogens with one attached hydrogen (secondary N) is 2. The van der Waals surface area contributed by atoms with Crippen LogP contribution in [0.15, 0.2) is 47.2 Å². The van der Waals surface area contributed by atoms with Crippen molar-refractivity contribution in [3.05, 3.63) is 48.6 Å². The van der Waals surface area contributed by atoms with Crippen LogP contribution in [0.25, 0.3) is 0 Å². The third kappa shape index (κ3) is 4.03. The molecule has 0 spiro atoms. The highest BCUT2D eigenvalue weighted by Gasteiger charge is 2.34. The molecule has 0 aromatic carbocycles. The zero-order valence-corrected chi connectivity index (χ0v) is 12.3. The Hall–Kier alpha value is -1.43. The lowest BCUT2D eigenvalue weighted by molar-refractivity contribution is 0.0914. The largest absolute Gasteiger partial charge is 0.459 e. The maximum Gasteiger partial charge on any atom is 0.288 e. The van der Waals surface area contributed by atoms with Crippen LogP contribution in [0.3, 0.4) is 0 Å². The van der Waals surface area contributed by atoms with E-state index in [9.17, 15) is 4.79 Å². The summed E-state index contributed by atoms with van der Waals surface area (Å²) in [5, 5.41) is 5.36. The number of aromatic nitrogens is 1. The van der Waals surface area contributed by atoms with E-state index >= 15 is 0 Å². The van der Waals surface area contributed by atoms with Crippen LogP contribution >= 0.6 is 34.8 Å². The van der Waals surface area contributed by atoms with Crippen LogP contribution in [0.5, 0.6) is 0 Å². The normalized spacial score (nSPS) is 12.8. The van der Waals surface area contributed by atoms with Crippen LogP contribution in [0.1, 0.15) is 10.6 Å². The number of carbonyl (C=O) groups excluding carboxylic acids is 1. The number of furan rings is 1. The quantitative estimate of drug-likeness (QED) is 0.665. The Labute approximate surface area is 130 Å². The average molecular weight is 335 g/mol. The van der Waals surface area contributed by atoms with Gasteiger partial charge in [0.25, 0.3) is 5.91 Å². The summed E-state index contributed by atoms with van der Waals surface area (Å²) in [5.74, 6) is 0.0744. The van der Waals surface area contributed by atoms with Crippen molar-refractivity contribution in [3.63, 3.8) is 0 Å². The third-order valence-electron chi connectivity index (χ3n) is 2.30. The lowest BCUT2D eigenvalue weighted by Crippen LogP contribution is -2.49. The molecule has 2 aromatic heterocycles. The first-order valence-electron chi connectivity index (χ1n) is 5.55. The van der Waals surface area contributed by atoms with E-state index in [0.29, 0.717) is 5.82 Å². The van der Waals surface area contributed by atoms with Gasteiger partial charge in [-0.2, -0.15) is 0 Å². The summed E-state index contributed by atoms with van der Waals surface area (Å²) in [6, 6.07) is 8.29. The van der Waals surface area contributed by atoms with Gasteiger partial charge in [0, 0.05) is 6.20 Å². The van der Waals surface area contributed by atoms with Gasteiger partial charge in [0.15, 0.2) is 5.76 Å². The number of hydrogen-bond donors (Lipinski definition) is 2. The maximum absolute atomic E-state index is 11.9. The monoisotopic (exact) mass is 333 g/mol. The van der Waals surface area contributed by atoms with E-state index in [4.69, 9.17) is 39.2 Å². The highest BCUT2D eigenvalue weighted by molar-refractivity contribution is 6.68. The zero-order chi connectivity index (χ0) is 14.6. The summed E-state index contributed by atoms with van der Waals surface area (Å²) >= 11 is 17.5. The fraction of sp³-hybridized carbons (Fsp3) is 0.167. The molecule has 2 N–H and O–H groups in total. The molecule has 20 heavy (non-hydrogen) atoms. The molecule has 0 saturated carbocycles. The van der Waals surface area contributed by atoms with E-state index < -0.39 is 15.9 Å². The second-order valence-corrected chi connectivity index (χ2v) is 6.15. The number of hydrogen-bond acceptors (Lipinski definition) is 4. The SMILES string of the molecule is O=C(NC(Nc1ccccn1)C(Cl)(Cl)Cl)c1ccco1. The Morgan fingerprint density at radius 2 is 2.05 bits per heavy atom. The molecule has 5 nitrogen and oxygen atoms in total. The van der Waals surface area contributed by atoms with Gasteiger partial charge in [0.05, 0.1) is 6.26 Å². The molecule has 8 heteroatoms. The summed E-state index contributed by atoms with van der Waals surface area (Å²) in [6.07, 6.45) is 1.98. The molecule has 1 atom stereocenters. The number of alkyl halides is 3. The molecule has 0 saturated heterocycles. The predicted molar refractivity (Wildman–Crippen MR) is 78.1 cm³/mol. The van der Waals surface area contributed by atoms with E-state index in [1.807, 2.05) is 0 Å². The Morgan fingerprint density at radius 3 is 2.60 bits per heavy atom. The van der Waals surface area contributed by atoms with E-state index in [0.717, 1.165) is 0 Å². The van der Waals surface area contributed by atoms with Crippen LogP contribution in [0.4, 0.5) is 5.82 Å². The molecule has 2 heterocycles. The number of pyridine rings is 1. The number of anilines is 1. The Morgan fingerprint density at radius 1 is 1.25 bits per heavy atom. The Bertz CT molecular complexity index is 555. The molecule has 2 aromatic rings. The standard InChI is InChI=1S/C12H10Cl3N3O2/c13-12(14,15)11(17-9-5-1-2-6-16-9)18-10(19)8-4-3-7-20-8/h1-7,11H,(H,16,17)(H,18,19). The second-order valence-electron chi connectivity index (χ2n) is 3.78. The van der Waals surface area contributed by atoms with Crippen LogP contribution in [0.2, 0.25) is 0 Å². The minimum atomic E-state index is -1.76. The molecule has 106 valence electrons. The van der Waals surface area contributed by atoms with Crippen LogP contribution < -0.4 is 10.6 Å². The van der Waals surface area contributed by atoms with Crippen LogP contribution in [-0.2, 0) is 0 Å². The van der Waals surface area contributed by atoms with Gasteiger partial charge in [-0.3, -0.25) is 4.79 Å². The molecular formula is C12H10Cl3N3O2. The average Bonchev–Trinajstić information content (AvgIpc) is 2.92. The number of carbonyl (C=O) groups is 1. The molecule has 2 rings (SSSR count). The van der Waals surface area contributed by atoms with Crippen molar-refractivity contribution in [3.8, 4) is 0 Å².